The number of carbonyl (C=O) groups excluding carboxylic acids is 1. The number of carbonyl (C=O) groups is 1. The maximum Gasteiger partial charge on any atom is 0.232 e. The van der Waals surface area contributed by atoms with Crippen LogP contribution in [0.3, 0.4) is 0 Å². The van der Waals surface area contributed by atoms with Gasteiger partial charge in [0.1, 0.15) is 0 Å². The summed E-state index contributed by atoms with van der Waals surface area (Å²) in [6.45, 7) is 7.67. The first kappa shape index (κ1) is 17.4. The van der Waals surface area contributed by atoms with E-state index in [2.05, 4.69) is 43.0 Å². The zero-order chi connectivity index (χ0) is 15.9. The number of piperidine rings is 1. The maximum absolute atomic E-state index is 12.3. The lowest BCUT2D eigenvalue weighted by molar-refractivity contribution is -0.129. The van der Waals surface area contributed by atoms with E-state index in [-0.39, 0.29) is 5.91 Å². The Balaban J connectivity index is 1.72. The molecule has 0 N–H and O–H groups in total. The van der Waals surface area contributed by atoms with Crippen molar-refractivity contribution in [3.8, 4) is 0 Å². The van der Waals surface area contributed by atoms with E-state index >= 15 is 0 Å². The summed E-state index contributed by atoms with van der Waals surface area (Å²) in [4.78, 5) is 16.8. The first-order chi connectivity index (χ1) is 10.6. The molecule has 0 spiro atoms. The fraction of sp³-hybridized carbons (Fsp3) is 0.611. The molecule has 1 aromatic rings. The van der Waals surface area contributed by atoms with Crippen molar-refractivity contribution in [2.24, 2.45) is 0 Å². The summed E-state index contributed by atoms with van der Waals surface area (Å²) in [7, 11) is 1.97. The minimum absolute atomic E-state index is 0.271. The van der Waals surface area contributed by atoms with Gasteiger partial charge in [-0.2, -0.15) is 0 Å². The van der Waals surface area contributed by atoms with E-state index in [1.165, 1.54) is 11.1 Å². The quantitative estimate of drug-likeness (QED) is 0.804. The number of thioether (sulfide) groups is 1. The Morgan fingerprint density at radius 2 is 2.09 bits per heavy atom. The summed E-state index contributed by atoms with van der Waals surface area (Å²) in [6, 6.07) is 8.95. The fourth-order valence-electron chi connectivity index (χ4n) is 2.99. The molecule has 1 saturated heterocycles. The van der Waals surface area contributed by atoms with E-state index in [4.69, 9.17) is 0 Å². The van der Waals surface area contributed by atoms with Crippen LogP contribution in [0, 0.1) is 6.92 Å². The smallest absolute Gasteiger partial charge is 0.232 e. The fourth-order valence-corrected chi connectivity index (χ4v) is 3.88. The summed E-state index contributed by atoms with van der Waals surface area (Å²) in [5.41, 5.74) is 2.58. The molecule has 1 amide bonds. The molecule has 3 nitrogen and oxygen atoms in total. The van der Waals surface area contributed by atoms with Gasteiger partial charge in [-0.3, -0.25) is 4.79 Å². The Morgan fingerprint density at radius 3 is 2.73 bits per heavy atom. The molecule has 0 unspecified atom stereocenters. The van der Waals surface area contributed by atoms with Crippen LogP contribution < -0.4 is 0 Å². The molecule has 1 aliphatic rings. The van der Waals surface area contributed by atoms with Gasteiger partial charge in [0, 0.05) is 31.9 Å². The second-order valence-electron chi connectivity index (χ2n) is 6.15. The van der Waals surface area contributed by atoms with Crippen LogP contribution in [0.5, 0.6) is 0 Å². The molecule has 1 aromatic carbocycles. The van der Waals surface area contributed by atoms with E-state index in [9.17, 15) is 4.79 Å². The average Bonchev–Trinajstić information content (AvgIpc) is 2.54. The van der Waals surface area contributed by atoms with Crippen molar-refractivity contribution in [2.45, 2.75) is 38.5 Å². The molecule has 0 saturated carbocycles. The van der Waals surface area contributed by atoms with Gasteiger partial charge in [-0.25, -0.2) is 0 Å². The van der Waals surface area contributed by atoms with Crippen LogP contribution in [0.25, 0.3) is 0 Å². The first-order valence-electron chi connectivity index (χ1n) is 8.21. The standard InChI is InChI=1S/C18H28N2OS/c1-4-20-10-8-17(9-11-20)19(3)18(21)14-22-13-16-7-5-6-15(2)12-16/h5-7,12,17H,4,8-11,13-14H2,1-3H3. The van der Waals surface area contributed by atoms with Crippen LogP contribution in [0.1, 0.15) is 30.9 Å². The van der Waals surface area contributed by atoms with Gasteiger partial charge in [-0.1, -0.05) is 36.8 Å². The monoisotopic (exact) mass is 320 g/mol. The number of hydrogen-bond donors (Lipinski definition) is 0. The van der Waals surface area contributed by atoms with Gasteiger partial charge < -0.3 is 9.80 Å². The highest BCUT2D eigenvalue weighted by molar-refractivity contribution is 7.99. The molecule has 0 aromatic heterocycles. The lowest BCUT2D eigenvalue weighted by Gasteiger charge is -2.36. The third kappa shape index (κ3) is 5.03. The minimum Gasteiger partial charge on any atom is -0.342 e. The van der Waals surface area contributed by atoms with Gasteiger partial charge in [0.05, 0.1) is 5.75 Å². The zero-order valence-electron chi connectivity index (χ0n) is 14.0. The third-order valence-corrected chi connectivity index (χ3v) is 5.51. The molecule has 2 rings (SSSR count). The topological polar surface area (TPSA) is 23.6 Å². The summed E-state index contributed by atoms with van der Waals surface area (Å²) in [5.74, 6) is 1.76. The van der Waals surface area contributed by atoms with Gasteiger partial charge >= 0.3 is 0 Å². The summed E-state index contributed by atoms with van der Waals surface area (Å²) < 4.78 is 0. The van der Waals surface area contributed by atoms with Crippen LogP contribution in [-0.4, -0.2) is 54.2 Å². The summed E-state index contributed by atoms with van der Waals surface area (Å²) >= 11 is 1.72. The normalized spacial score (nSPS) is 16.7. The molecule has 1 aliphatic heterocycles. The van der Waals surface area contributed by atoms with Gasteiger partial charge in [0.2, 0.25) is 5.91 Å². The number of benzene rings is 1. The van der Waals surface area contributed by atoms with Crippen molar-refractivity contribution in [3.05, 3.63) is 35.4 Å². The Bertz CT molecular complexity index is 484. The molecule has 0 aliphatic carbocycles. The highest BCUT2D eigenvalue weighted by Gasteiger charge is 2.24. The Hall–Kier alpha value is -1.00. The molecule has 0 atom stereocenters. The van der Waals surface area contributed by atoms with Crippen molar-refractivity contribution < 1.29 is 4.79 Å². The van der Waals surface area contributed by atoms with Gasteiger partial charge in [-0.15, -0.1) is 11.8 Å². The van der Waals surface area contributed by atoms with E-state index < -0.39 is 0 Å². The molecule has 0 bridgehead atoms. The van der Waals surface area contributed by atoms with Crippen LogP contribution in [0.2, 0.25) is 0 Å². The third-order valence-electron chi connectivity index (χ3n) is 4.52. The largest absolute Gasteiger partial charge is 0.342 e. The van der Waals surface area contributed by atoms with E-state index in [0.29, 0.717) is 11.8 Å². The number of likely N-dealkylation sites (tertiary alicyclic amines) is 1. The van der Waals surface area contributed by atoms with Crippen LogP contribution in [0.4, 0.5) is 0 Å². The molecule has 22 heavy (non-hydrogen) atoms. The molecule has 0 radical (unpaired) electrons. The second-order valence-corrected chi connectivity index (χ2v) is 7.14. The van der Waals surface area contributed by atoms with Gasteiger partial charge in [-0.05, 0) is 31.9 Å². The summed E-state index contributed by atoms with van der Waals surface area (Å²) in [5, 5.41) is 0. The predicted octanol–water partition coefficient (Wildman–Crippen LogP) is 3.17. The van der Waals surface area contributed by atoms with Crippen molar-refractivity contribution in [1.82, 2.24) is 9.80 Å². The molecular formula is C18H28N2OS. The zero-order valence-corrected chi connectivity index (χ0v) is 14.9. The average molecular weight is 321 g/mol. The molecular weight excluding hydrogens is 292 g/mol. The number of rotatable bonds is 6. The molecule has 1 heterocycles. The second kappa shape index (κ2) is 8.59. The highest BCUT2D eigenvalue weighted by atomic mass is 32.2. The number of hydrogen-bond acceptors (Lipinski definition) is 3. The Kier molecular flexibility index (Phi) is 6.77. The van der Waals surface area contributed by atoms with Crippen LogP contribution in [0.15, 0.2) is 24.3 Å². The van der Waals surface area contributed by atoms with Crippen molar-refractivity contribution in [3.63, 3.8) is 0 Å². The van der Waals surface area contributed by atoms with Gasteiger partial charge in [0.25, 0.3) is 0 Å². The lowest BCUT2D eigenvalue weighted by atomic mass is 10.0. The Morgan fingerprint density at radius 1 is 1.36 bits per heavy atom. The minimum atomic E-state index is 0.271. The predicted molar refractivity (Wildman–Crippen MR) is 95.2 cm³/mol. The summed E-state index contributed by atoms with van der Waals surface area (Å²) in [6.07, 6.45) is 2.22. The number of amides is 1. The molecule has 1 fully saturated rings. The van der Waals surface area contributed by atoms with Crippen molar-refractivity contribution in [1.29, 1.82) is 0 Å². The number of aryl methyl sites for hydroxylation is 1. The molecule has 4 heteroatoms. The van der Waals surface area contributed by atoms with E-state index in [0.717, 1.165) is 38.2 Å². The lowest BCUT2D eigenvalue weighted by Crippen LogP contribution is -2.46. The first-order valence-corrected chi connectivity index (χ1v) is 9.37. The van der Waals surface area contributed by atoms with Crippen LogP contribution >= 0.6 is 11.8 Å². The van der Waals surface area contributed by atoms with E-state index in [1.54, 1.807) is 11.8 Å². The van der Waals surface area contributed by atoms with Crippen molar-refractivity contribution >= 4 is 17.7 Å². The van der Waals surface area contributed by atoms with Gasteiger partial charge in [0.15, 0.2) is 0 Å². The van der Waals surface area contributed by atoms with E-state index in [1.807, 2.05) is 11.9 Å². The maximum atomic E-state index is 12.3. The van der Waals surface area contributed by atoms with Crippen LogP contribution in [-0.2, 0) is 10.5 Å². The van der Waals surface area contributed by atoms with Crippen molar-refractivity contribution in [2.75, 3.05) is 32.4 Å². The Labute approximate surface area is 139 Å². The highest BCUT2D eigenvalue weighted by Crippen LogP contribution is 2.18. The SMILES string of the molecule is CCN1CCC(N(C)C(=O)CSCc2cccc(C)c2)CC1. The number of nitrogens with zero attached hydrogens (tertiary/aromatic N) is 2. The molecule has 122 valence electrons.